The van der Waals surface area contributed by atoms with Gasteiger partial charge in [0.2, 0.25) is 0 Å². The molecule has 3 N–H and O–H groups in total. The smallest absolute Gasteiger partial charge is 0.265 e. The summed E-state index contributed by atoms with van der Waals surface area (Å²) in [6, 6.07) is 12.3. The molecule has 0 saturated heterocycles. The van der Waals surface area contributed by atoms with E-state index in [1.807, 2.05) is 0 Å². The Hall–Kier alpha value is -2.79. The molecule has 1 amide bonds. The first-order valence-electron chi connectivity index (χ1n) is 6.42. The van der Waals surface area contributed by atoms with Crippen LogP contribution in [0, 0.1) is 0 Å². The molecule has 0 aliphatic rings. The van der Waals surface area contributed by atoms with E-state index in [1.54, 1.807) is 24.3 Å². The van der Waals surface area contributed by atoms with E-state index in [-0.39, 0.29) is 22.6 Å². The molecule has 0 bridgehead atoms. The van der Waals surface area contributed by atoms with Gasteiger partial charge in [-0.1, -0.05) is 23.7 Å². The van der Waals surface area contributed by atoms with Crippen LogP contribution in [0.1, 0.15) is 10.5 Å². The van der Waals surface area contributed by atoms with Crippen LogP contribution in [-0.2, 0) is 0 Å². The van der Waals surface area contributed by atoms with Crippen LogP contribution in [0.3, 0.4) is 0 Å². The van der Waals surface area contributed by atoms with E-state index in [2.05, 4.69) is 0 Å². The summed E-state index contributed by atoms with van der Waals surface area (Å²) in [6.07, 6.45) is 0. The zero-order chi connectivity index (χ0) is 15.9. The number of aromatic nitrogens is 1. The second-order valence-corrected chi connectivity index (χ2v) is 5.18. The highest BCUT2D eigenvalue weighted by Gasteiger charge is 2.16. The normalized spacial score (nSPS) is 10.8. The predicted octanol–water partition coefficient (Wildman–Crippen LogP) is 2.45. The number of fused-ring (bicyclic) bond motifs is 1. The number of carbonyl (C=O) groups excluding carboxylic acids is 1. The first kappa shape index (κ1) is 14.2. The first-order chi connectivity index (χ1) is 10.5. The van der Waals surface area contributed by atoms with Crippen LogP contribution < -0.4 is 11.2 Å². The van der Waals surface area contributed by atoms with Crippen molar-refractivity contribution in [3.63, 3.8) is 0 Å². The number of phenolic OH excluding ortho intramolecular Hbond substituents is 1. The van der Waals surface area contributed by atoms with Crippen molar-refractivity contribution in [1.29, 1.82) is 0 Å². The van der Waals surface area contributed by atoms with Crippen LogP contribution in [0.2, 0.25) is 5.02 Å². The summed E-state index contributed by atoms with van der Waals surface area (Å²) < 4.78 is 1.43. The van der Waals surface area contributed by atoms with Crippen molar-refractivity contribution in [3.05, 3.63) is 69.5 Å². The maximum Gasteiger partial charge on any atom is 0.265 e. The summed E-state index contributed by atoms with van der Waals surface area (Å²) >= 11 is 5.98. The van der Waals surface area contributed by atoms with Crippen LogP contribution in [0.25, 0.3) is 16.6 Å². The average molecular weight is 315 g/mol. The third-order valence-corrected chi connectivity index (χ3v) is 3.59. The molecule has 2 aromatic carbocycles. The number of phenols is 1. The SMILES string of the molecule is NC(=O)c1cc(=O)c2ccccc2n1-c1cc(Cl)ccc1O. The number of aromatic hydroxyl groups is 1. The van der Waals surface area contributed by atoms with Crippen LogP contribution in [0.5, 0.6) is 5.75 Å². The molecule has 6 heteroatoms. The second-order valence-electron chi connectivity index (χ2n) is 4.74. The topological polar surface area (TPSA) is 85.3 Å². The van der Waals surface area contributed by atoms with Crippen molar-refractivity contribution in [2.75, 3.05) is 0 Å². The molecule has 5 nitrogen and oxygen atoms in total. The monoisotopic (exact) mass is 314 g/mol. The minimum absolute atomic E-state index is 0.0266. The first-order valence-corrected chi connectivity index (χ1v) is 6.80. The summed E-state index contributed by atoms with van der Waals surface area (Å²) in [4.78, 5) is 23.9. The lowest BCUT2D eigenvalue weighted by Gasteiger charge is -2.16. The van der Waals surface area contributed by atoms with Gasteiger partial charge >= 0.3 is 0 Å². The molecular formula is C16H11ClN2O3. The number of rotatable bonds is 2. The Kier molecular flexibility index (Phi) is 3.35. The number of primary amides is 1. The molecule has 0 spiro atoms. The maximum atomic E-state index is 12.1. The standard InChI is InChI=1S/C16H11ClN2O3/c17-9-5-6-14(20)12(7-9)19-11-4-2-1-3-10(11)15(21)8-13(19)16(18)22/h1-8,20H,(H2,18,22). The third kappa shape index (κ3) is 2.21. The van der Waals surface area contributed by atoms with Gasteiger partial charge in [-0.2, -0.15) is 0 Å². The number of amides is 1. The second kappa shape index (κ2) is 5.20. The molecular weight excluding hydrogens is 304 g/mol. The average Bonchev–Trinajstić information content (AvgIpc) is 2.50. The Morgan fingerprint density at radius 1 is 1.14 bits per heavy atom. The lowest BCUT2D eigenvalue weighted by atomic mass is 10.1. The van der Waals surface area contributed by atoms with Gasteiger partial charge in [-0.05, 0) is 30.3 Å². The van der Waals surface area contributed by atoms with E-state index in [9.17, 15) is 14.7 Å². The number of nitrogens with two attached hydrogens (primary N) is 1. The Bertz CT molecular complexity index is 963. The largest absolute Gasteiger partial charge is 0.506 e. The zero-order valence-corrected chi connectivity index (χ0v) is 12.0. The molecule has 0 saturated carbocycles. The van der Waals surface area contributed by atoms with Gasteiger partial charge in [0.05, 0.1) is 11.2 Å². The van der Waals surface area contributed by atoms with Gasteiger partial charge in [0.15, 0.2) is 5.43 Å². The molecule has 0 aliphatic carbocycles. The molecule has 1 aromatic heterocycles. The summed E-state index contributed by atoms with van der Waals surface area (Å²) in [7, 11) is 0. The van der Waals surface area contributed by atoms with Gasteiger partial charge in [0.25, 0.3) is 5.91 Å². The number of hydrogen-bond donors (Lipinski definition) is 2. The highest BCUT2D eigenvalue weighted by molar-refractivity contribution is 6.30. The summed E-state index contributed by atoms with van der Waals surface area (Å²) in [5, 5.41) is 10.9. The van der Waals surface area contributed by atoms with Crippen molar-refractivity contribution in [2.24, 2.45) is 5.73 Å². The molecule has 110 valence electrons. The van der Waals surface area contributed by atoms with Crippen LogP contribution in [0.15, 0.2) is 53.3 Å². The van der Waals surface area contributed by atoms with E-state index in [0.717, 1.165) is 6.07 Å². The Morgan fingerprint density at radius 2 is 1.86 bits per heavy atom. The number of pyridine rings is 1. The maximum absolute atomic E-state index is 12.1. The van der Waals surface area contributed by atoms with E-state index in [4.69, 9.17) is 17.3 Å². The fraction of sp³-hybridized carbons (Fsp3) is 0. The number of benzene rings is 2. The zero-order valence-electron chi connectivity index (χ0n) is 11.3. The highest BCUT2D eigenvalue weighted by Crippen LogP contribution is 2.29. The fourth-order valence-electron chi connectivity index (χ4n) is 2.39. The van der Waals surface area contributed by atoms with E-state index < -0.39 is 5.91 Å². The van der Waals surface area contributed by atoms with Gasteiger partial charge in [0, 0.05) is 16.5 Å². The summed E-state index contributed by atoms with van der Waals surface area (Å²) in [6.45, 7) is 0. The molecule has 22 heavy (non-hydrogen) atoms. The number of hydrogen-bond acceptors (Lipinski definition) is 3. The quantitative estimate of drug-likeness (QED) is 0.762. The van der Waals surface area contributed by atoms with Gasteiger partial charge in [-0.15, -0.1) is 0 Å². The molecule has 0 atom stereocenters. The minimum atomic E-state index is -0.776. The molecule has 1 heterocycles. The summed E-state index contributed by atoms with van der Waals surface area (Å²) in [5.41, 5.74) is 5.78. The van der Waals surface area contributed by atoms with E-state index in [0.29, 0.717) is 15.9 Å². The van der Waals surface area contributed by atoms with E-state index >= 15 is 0 Å². The van der Waals surface area contributed by atoms with Crippen molar-refractivity contribution in [1.82, 2.24) is 4.57 Å². The van der Waals surface area contributed by atoms with Crippen molar-refractivity contribution >= 4 is 28.4 Å². The molecule has 0 radical (unpaired) electrons. The van der Waals surface area contributed by atoms with Gasteiger partial charge in [0.1, 0.15) is 11.4 Å². The van der Waals surface area contributed by atoms with Gasteiger partial charge in [-0.25, -0.2) is 0 Å². The van der Waals surface area contributed by atoms with Crippen molar-refractivity contribution in [3.8, 4) is 11.4 Å². The van der Waals surface area contributed by atoms with E-state index in [1.165, 1.54) is 22.8 Å². The Morgan fingerprint density at radius 3 is 2.59 bits per heavy atom. The molecule has 0 fully saturated rings. The molecule has 0 unspecified atom stereocenters. The molecule has 0 aliphatic heterocycles. The lowest BCUT2D eigenvalue weighted by Crippen LogP contribution is -2.22. The summed E-state index contributed by atoms with van der Waals surface area (Å²) in [5.74, 6) is -0.858. The van der Waals surface area contributed by atoms with Crippen LogP contribution in [0.4, 0.5) is 0 Å². The Balaban J connectivity index is 2.53. The fourth-order valence-corrected chi connectivity index (χ4v) is 2.56. The number of nitrogens with zero attached hydrogens (tertiary/aromatic N) is 1. The number of carbonyl (C=O) groups is 1. The van der Waals surface area contributed by atoms with Crippen LogP contribution in [-0.4, -0.2) is 15.6 Å². The molecule has 3 aromatic rings. The predicted molar refractivity (Wildman–Crippen MR) is 84.7 cm³/mol. The highest BCUT2D eigenvalue weighted by atomic mass is 35.5. The van der Waals surface area contributed by atoms with Gasteiger partial charge in [-0.3, -0.25) is 9.59 Å². The lowest BCUT2D eigenvalue weighted by molar-refractivity contribution is 0.0993. The number of halogens is 1. The number of para-hydroxylation sites is 1. The third-order valence-electron chi connectivity index (χ3n) is 3.35. The molecule has 3 rings (SSSR count). The van der Waals surface area contributed by atoms with Gasteiger partial charge < -0.3 is 15.4 Å². The van der Waals surface area contributed by atoms with Crippen LogP contribution >= 0.6 is 11.6 Å². The minimum Gasteiger partial charge on any atom is -0.506 e. The van der Waals surface area contributed by atoms with Crippen molar-refractivity contribution < 1.29 is 9.90 Å². The van der Waals surface area contributed by atoms with Crippen molar-refractivity contribution in [2.45, 2.75) is 0 Å². The Labute approximate surface area is 130 Å².